The van der Waals surface area contributed by atoms with Crippen molar-refractivity contribution >= 4 is 5.91 Å². The molecule has 0 aliphatic carbocycles. The third kappa shape index (κ3) is 6.47. The Labute approximate surface area is 185 Å². The summed E-state index contributed by atoms with van der Waals surface area (Å²) in [7, 11) is 3.26. The summed E-state index contributed by atoms with van der Waals surface area (Å²) in [5, 5.41) is 3.05. The van der Waals surface area contributed by atoms with Gasteiger partial charge in [-0.25, -0.2) is 4.98 Å². The predicted molar refractivity (Wildman–Crippen MR) is 122 cm³/mol. The molecule has 7 nitrogen and oxygen atoms in total. The molecule has 3 rings (SSSR count). The monoisotopic (exact) mass is 428 g/mol. The topological polar surface area (TPSA) is 68.6 Å². The Morgan fingerprint density at radius 3 is 2.61 bits per heavy atom. The largest absolute Gasteiger partial charge is 0.493 e. The molecule has 1 N–H and O–H groups in total. The molecule has 1 aliphatic rings. The molecular weight excluding hydrogens is 392 g/mol. The number of nitrogens with zero attached hydrogens (tertiary/aromatic N) is 3. The third-order valence-corrected chi connectivity index (χ3v) is 5.98. The molecule has 31 heavy (non-hydrogen) atoms. The van der Waals surface area contributed by atoms with Crippen molar-refractivity contribution in [2.75, 3.05) is 40.4 Å². The number of carbonyl (C=O) groups is 1. The van der Waals surface area contributed by atoms with Gasteiger partial charge in [0.15, 0.2) is 11.5 Å². The summed E-state index contributed by atoms with van der Waals surface area (Å²) in [5.41, 5.74) is 1.11. The van der Waals surface area contributed by atoms with Crippen molar-refractivity contribution in [3.63, 3.8) is 0 Å². The number of hydrogen-bond acceptors (Lipinski definition) is 5. The maximum absolute atomic E-state index is 12.4. The number of ether oxygens (including phenoxy) is 2. The number of nitrogens with one attached hydrogen (secondary N) is 1. The lowest BCUT2D eigenvalue weighted by atomic mass is 9.96. The van der Waals surface area contributed by atoms with Gasteiger partial charge < -0.3 is 19.4 Å². The van der Waals surface area contributed by atoms with E-state index in [1.807, 2.05) is 24.4 Å². The number of carbonyl (C=O) groups excluding carboxylic acids is 1. The van der Waals surface area contributed by atoms with Gasteiger partial charge in [-0.05, 0) is 56.0 Å². The van der Waals surface area contributed by atoms with E-state index >= 15 is 0 Å². The summed E-state index contributed by atoms with van der Waals surface area (Å²) >= 11 is 0. The van der Waals surface area contributed by atoms with Crippen molar-refractivity contribution in [1.29, 1.82) is 0 Å². The number of hydrogen-bond donors (Lipinski definition) is 1. The van der Waals surface area contributed by atoms with Gasteiger partial charge in [-0.15, -0.1) is 0 Å². The molecule has 0 spiro atoms. The number of aromatic nitrogens is 2. The maximum Gasteiger partial charge on any atom is 0.234 e. The lowest BCUT2D eigenvalue weighted by molar-refractivity contribution is -0.122. The van der Waals surface area contributed by atoms with Crippen molar-refractivity contribution in [3.05, 3.63) is 42.0 Å². The average molecular weight is 429 g/mol. The van der Waals surface area contributed by atoms with Crippen LogP contribution in [-0.2, 0) is 17.8 Å². The van der Waals surface area contributed by atoms with E-state index < -0.39 is 0 Å². The predicted octanol–water partition coefficient (Wildman–Crippen LogP) is 3.09. The van der Waals surface area contributed by atoms with Gasteiger partial charge in [0.05, 0.1) is 20.8 Å². The molecule has 1 amide bonds. The van der Waals surface area contributed by atoms with Gasteiger partial charge in [0.25, 0.3) is 0 Å². The zero-order valence-electron chi connectivity index (χ0n) is 19.3. The molecule has 0 radical (unpaired) electrons. The van der Waals surface area contributed by atoms with E-state index in [1.54, 1.807) is 14.2 Å². The molecule has 0 bridgehead atoms. The van der Waals surface area contributed by atoms with Gasteiger partial charge in [-0.2, -0.15) is 0 Å². The molecule has 1 saturated heterocycles. The number of benzene rings is 1. The average Bonchev–Trinajstić information content (AvgIpc) is 3.23. The fourth-order valence-corrected chi connectivity index (χ4v) is 4.22. The second kappa shape index (κ2) is 11.2. The number of likely N-dealkylation sites (tertiary alicyclic amines) is 1. The Morgan fingerprint density at radius 2 is 1.94 bits per heavy atom. The molecular formula is C24H36N4O3. The first-order valence-electron chi connectivity index (χ1n) is 11.2. The number of rotatable bonds is 10. The SMILES string of the molecule is COc1ccc(CCNC(=O)CN2CCC(Cn3ccnc3C(C)C)CC2)cc1OC. The van der Waals surface area contributed by atoms with Crippen LogP contribution in [0.2, 0.25) is 0 Å². The number of imidazole rings is 1. The van der Waals surface area contributed by atoms with E-state index in [4.69, 9.17) is 9.47 Å². The Morgan fingerprint density at radius 1 is 1.19 bits per heavy atom. The van der Waals surface area contributed by atoms with E-state index in [1.165, 1.54) is 0 Å². The standard InChI is InChI=1S/C24H36N4O3/c1-18(2)24-26-11-14-28(24)16-20-8-12-27(13-9-20)17-23(29)25-10-7-19-5-6-21(30-3)22(15-19)31-4/h5-6,11,14-15,18,20H,7-10,12-13,16-17H2,1-4H3,(H,25,29). The van der Waals surface area contributed by atoms with Crippen LogP contribution in [0, 0.1) is 5.92 Å². The van der Waals surface area contributed by atoms with Gasteiger partial charge in [0, 0.05) is 31.4 Å². The van der Waals surface area contributed by atoms with Crippen LogP contribution in [0.1, 0.15) is 44.0 Å². The van der Waals surface area contributed by atoms with Gasteiger partial charge in [0.2, 0.25) is 5.91 Å². The fourth-order valence-electron chi connectivity index (χ4n) is 4.22. The molecule has 2 aromatic rings. The highest BCUT2D eigenvalue weighted by Crippen LogP contribution is 2.27. The van der Waals surface area contributed by atoms with Crippen LogP contribution in [0.4, 0.5) is 0 Å². The van der Waals surface area contributed by atoms with Crippen molar-refractivity contribution in [2.45, 2.75) is 45.6 Å². The Bertz CT molecular complexity index is 841. The van der Waals surface area contributed by atoms with E-state index in [-0.39, 0.29) is 5.91 Å². The van der Waals surface area contributed by atoms with Crippen LogP contribution >= 0.6 is 0 Å². The van der Waals surface area contributed by atoms with Crippen molar-refractivity contribution in [3.8, 4) is 11.5 Å². The van der Waals surface area contributed by atoms with Gasteiger partial charge in [-0.1, -0.05) is 19.9 Å². The summed E-state index contributed by atoms with van der Waals surface area (Å²) in [4.78, 5) is 19.1. The quantitative estimate of drug-likeness (QED) is 0.630. The summed E-state index contributed by atoms with van der Waals surface area (Å²) in [6.45, 7) is 8.43. The zero-order chi connectivity index (χ0) is 22.2. The van der Waals surface area contributed by atoms with E-state index in [2.05, 4.69) is 39.8 Å². The molecule has 0 atom stereocenters. The Hall–Kier alpha value is -2.54. The maximum atomic E-state index is 12.4. The summed E-state index contributed by atoms with van der Waals surface area (Å²) < 4.78 is 12.9. The molecule has 1 aromatic carbocycles. The first-order valence-corrected chi connectivity index (χ1v) is 11.2. The second-order valence-electron chi connectivity index (χ2n) is 8.60. The second-order valence-corrected chi connectivity index (χ2v) is 8.60. The van der Waals surface area contributed by atoms with Crippen LogP contribution < -0.4 is 14.8 Å². The van der Waals surface area contributed by atoms with Crippen LogP contribution in [-0.4, -0.2) is 60.8 Å². The summed E-state index contributed by atoms with van der Waals surface area (Å²) in [5.74, 6) is 3.78. The Kier molecular flexibility index (Phi) is 8.35. The molecule has 1 fully saturated rings. The van der Waals surface area contributed by atoms with Crippen molar-refractivity contribution in [2.24, 2.45) is 5.92 Å². The zero-order valence-corrected chi connectivity index (χ0v) is 19.3. The van der Waals surface area contributed by atoms with Crippen LogP contribution in [0.15, 0.2) is 30.6 Å². The van der Waals surface area contributed by atoms with E-state index in [9.17, 15) is 4.79 Å². The van der Waals surface area contributed by atoms with Crippen LogP contribution in [0.25, 0.3) is 0 Å². The van der Waals surface area contributed by atoms with Gasteiger partial charge in [-0.3, -0.25) is 9.69 Å². The van der Waals surface area contributed by atoms with Crippen LogP contribution in [0.5, 0.6) is 11.5 Å². The summed E-state index contributed by atoms with van der Waals surface area (Å²) in [6, 6.07) is 5.86. The number of piperidine rings is 1. The highest BCUT2D eigenvalue weighted by Gasteiger charge is 2.22. The van der Waals surface area contributed by atoms with Crippen LogP contribution in [0.3, 0.4) is 0 Å². The minimum absolute atomic E-state index is 0.0932. The normalized spacial score (nSPS) is 15.3. The highest BCUT2D eigenvalue weighted by molar-refractivity contribution is 5.78. The molecule has 1 aromatic heterocycles. The van der Waals surface area contributed by atoms with E-state index in [0.29, 0.717) is 36.4 Å². The number of methoxy groups -OCH3 is 2. The first kappa shape index (κ1) is 23.1. The third-order valence-electron chi connectivity index (χ3n) is 5.98. The smallest absolute Gasteiger partial charge is 0.234 e. The minimum Gasteiger partial charge on any atom is -0.493 e. The molecule has 170 valence electrons. The lowest BCUT2D eigenvalue weighted by Gasteiger charge is -2.32. The Balaban J connectivity index is 1.37. The first-order chi connectivity index (χ1) is 15.0. The van der Waals surface area contributed by atoms with Crippen molar-refractivity contribution < 1.29 is 14.3 Å². The number of amides is 1. The van der Waals surface area contributed by atoms with Gasteiger partial charge in [0.1, 0.15) is 5.82 Å². The highest BCUT2D eigenvalue weighted by atomic mass is 16.5. The van der Waals surface area contributed by atoms with Gasteiger partial charge >= 0.3 is 0 Å². The molecule has 7 heteroatoms. The fraction of sp³-hybridized carbons (Fsp3) is 0.583. The summed E-state index contributed by atoms with van der Waals surface area (Å²) in [6.07, 6.45) is 6.99. The minimum atomic E-state index is 0.0932. The van der Waals surface area contributed by atoms with Crippen molar-refractivity contribution in [1.82, 2.24) is 19.8 Å². The molecule has 0 saturated carbocycles. The molecule has 0 unspecified atom stereocenters. The van der Waals surface area contributed by atoms with E-state index in [0.717, 1.165) is 50.3 Å². The lowest BCUT2D eigenvalue weighted by Crippen LogP contribution is -2.42. The molecule has 1 aliphatic heterocycles. The molecule has 2 heterocycles.